The average molecular weight is 397 g/mol. The van der Waals surface area contributed by atoms with Crippen molar-refractivity contribution in [3.8, 4) is 33.9 Å². The van der Waals surface area contributed by atoms with Crippen LogP contribution in [0.25, 0.3) is 44.1 Å². The summed E-state index contributed by atoms with van der Waals surface area (Å²) >= 11 is 0. The van der Waals surface area contributed by atoms with Crippen LogP contribution in [-0.2, 0) is 0 Å². The number of fused-ring (bicyclic) bond motifs is 3. The molecule has 0 unspecified atom stereocenters. The van der Waals surface area contributed by atoms with E-state index in [-0.39, 0.29) is 0 Å². The second-order valence-corrected chi connectivity index (χ2v) is 6.90. The summed E-state index contributed by atoms with van der Waals surface area (Å²) in [4.78, 5) is 9.17. The third-order valence-electron chi connectivity index (χ3n) is 5.20. The normalized spacial score (nSPS) is 11.1. The highest BCUT2D eigenvalue weighted by Gasteiger charge is 2.13. The predicted octanol–water partition coefficient (Wildman–Crippen LogP) is 4.44. The molecule has 0 fully saturated rings. The number of hydrogen-bond acceptors (Lipinski definition) is 6. The molecule has 0 amide bonds. The maximum Gasteiger partial charge on any atom is 0.162 e. The quantitative estimate of drug-likeness (QED) is 0.435. The Balaban J connectivity index is 1.74. The summed E-state index contributed by atoms with van der Waals surface area (Å²) in [5, 5.41) is 9.55. The van der Waals surface area contributed by atoms with Gasteiger partial charge in [0, 0.05) is 40.4 Å². The molecule has 0 saturated heterocycles. The molecule has 7 heteroatoms. The molecule has 0 saturated carbocycles. The van der Waals surface area contributed by atoms with E-state index in [9.17, 15) is 0 Å². The van der Waals surface area contributed by atoms with Crippen LogP contribution in [0.4, 0.5) is 5.82 Å². The first-order valence-corrected chi connectivity index (χ1v) is 9.38. The van der Waals surface area contributed by atoms with Crippen molar-refractivity contribution < 1.29 is 9.47 Å². The number of ether oxygens (including phenoxy) is 2. The fourth-order valence-electron chi connectivity index (χ4n) is 3.67. The highest BCUT2D eigenvalue weighted by molar-refractivity contribution is 6.10. The van der Waals surface area contributed by atoms with Gasteiger partial charge in [0.05, 0.1) is 31.6 Å². The number of nitrogens with one attached hydrogen (secondary N) is 1. The monoisotopic (exact) mass is 397 g/mol. The second-order valence-electron chi connectivity index (χ2n) is 6.90. The first-order valence-electron chi connectivity index (χ1n) is 9.38. The number of pyridine rings is 2. The first-order chi connectivity index (χ1) is 14.7. The van der Waals surface area contributed by atoms with Crippen molar-refractivity contribution >= 4 is 27.5 Å². The van der Waals surface area contributed by atoms with Crippen LogP contribution in [0.5, 0.6) is 11.5 Å². The summed E-state index contributed by atoms with van der Waals surface area (Å²) < 4.78 is 10.9. The van der Waals surface area contributed by atoms with Gasteiger partial charge in [0.1, 0.15) is 5.82 Å². The van der Waals surface area contributed by atoms with Gasteiger partial charge in [-0.05, 0) is 29.1 Å². The number of benzene rings is 2. The molecule has 30 heavy (non-hydrogen) atoms. The largest absolute Gasteiger partial charge is 0.493 e. The van der Waals surface area contributed by atoms with Crippen LogP contribution in [0.15, 0.2) is 61.1 Å². The number of aromatic nitrogens is 4. The minimum Gasteiger partial charge on any atom is -0.493 e. The summed E-state index contributed by atoms with van der Waals surface area (Å²) in [6, 6.07) is 14.0. The molecule has 3 heterocycles. The van der Waals surface area contributed by atoms with Crippen LogP contribution < -0.4 is 15.2 Å². The standard InChI is InChI=1S/C23H19N5O2/c1-29-21-8-17-16-7-19(14-5-3-4-13(6-14)15-10-26-27-11-15)28-23(24)18(16)12-25-20(17)9-22(21)30-2/h3-12H,1-2H3,(H2,24,28)(H,26,27). The lowest BCUT2D eigenvalue weighted by Crippen LogP contribution is -1.97. The van der Waals surface area contributed by atoms with Gasteiger partial charge in [-0.2, -0.15) is 5.10 Å². The van der Waals surface area contributed by atoms with E-state index in [2.05, 4.69) is 26.2 Å². The smallest absolute Gasteiger partial charge is 0.162 e. The topological polar surface area (TPSA) is 98.9 Å². The summed E-state index contributed by atoms with van der Waals surface area (Å²) in [6.45, 7) is 0. The molecule has 5 aromatic rings. The zero-order valence-corrected chi connectivity index (χ0v) is 16.5. The van der Waals surface area contributed by atoms with E-state index in [4.69, 9.17) is 15.2 Å². The minimum atomic E-state index is 0.431. The molecule has 3 N–H and O–H groups in total. The van der Waals surface area contributed by atoms with E-state index >= 15 is 0 Å². The van der Waals surface area contributed by atoms with Gasteiger partial charge in [0.2, 0.25) is 0 Å². The van der Waals surface area contributed by atoms with Crippen LogP contribution in [0.2, 0.25) is 0 Å². The summed E-state index contributed by atoms with van der Waals surface area (Å²) in [5.41, 5.74) is 10.9. The van der Waals surface area contributed by atoms with Gasteiger partial charge < -0.3 is 15.2 Å². The minimum absolute atomic E-state index is 0.431. The molecule has 0 atom stereocenters. The van der Waals surface area contributed by atoms with E-state index in [0.29, 0.717) is 17.3 Å². The fraction of sp³-hybridized carbons (Fsp3) is 0.0870. The summed E-state index contributed by atoms with van der Waals surface area (Å²) in [5.74, 6) is 1.70. The van der Waals surface area contributed by atoms with Crippen molar-refractivity contribution in [3.63, 3.8) is 0 Å². The van der Waals surface area contributed by atoms with Gasteiger partial charge in [0.25, 0.3) is 0 Å². The maximum absolute atomic E-state index is 6.32. The van der Waals surface area contributed by atoms with Gasteiger partial charge in [-0.15, -0.1) is 0 Å². The molecule has 0 radical (unpaired) electrons. The molecule has 148 valence electrons. The Kier molecular flexibility index (Phi) is 4.21. The number of aromatic amines is 1. The molecule has 3 aromatic heterocycles. The second kappa shape index (κ2) is 7.04. The molecule has 0 aliphatic heterocycles. The molecule has 2 aromatic carbocycles. The molecular formula is C23H19N5O2. The Labute approximate surface area is 172 Å². The number of nitrogens with zero attached hydrogens (tertiary/aromatic N) is 3. The Morgan fingerprint density at radius 3 is 2.40 bits per heavy atom. The SMILES string of the molecule is COc1cc2ncc3c(N)nc(-c4cccc(-c5cn[nH]c5)c4)cc3c2cc1OC. The van der Waals surface area contributed by atoms with Crippen molar-refractivity contribution in [1.82, 2.24) is 20.2 Å². The van der Waals surface area contributed by atoms with Crippen molar-refractivity contribution in [2.45, 2.75) is 0 Å². The molecular weight excluding hydrogens is 378 g/mol. The number of hydrogen-bond donors (Lipinski definition) is 2. The van der Waals surface area contributed by atoms with E-state index in [1.807, 2.05) is 42.6 Å². The molecule has 7 nitrogen and oxygen atoms in total. The maximum atomic E-state index is 6.32. The highest BCUT2D eigenvalue weighted by Crippen LogP contribution is 2.37. The van der Waals surface area contributed by atoms with Gasteiger partial charge in [0.15, 0.2) is 11.5 Å². The van der Waals surface area contributed by atoms with Gasteiger partial charge >= 0.3 is 0 Å². The van der Waals surface area contributed by atoms with Gasteiger partial charge in [-0.3, -0.25) is 10.1 Å². The van der Waals surface area contributed by atoms with Gasteiger partial charge in [-0.25, -0.2) is 4.98 Å². The van der Waals surface area contributed by atoms with Crippen molar-refractivity contribution in [2.24, 2.45) is 0 Å². The third kappa shape index (κ3) is 2.88. The van der Waals surface area contributed by atoms with Crippen LogP contribution in [0, 0.1) is 0 Å². The van der Waals surface area contributed by atoms with E-state index in [1.165, 1.54) is 0 Å². The average Bonchev–Trinajstić information content (AvgIpc) is 3.33. The number of nitrogen functional groups attached to an aromatic ring is 1. The highest BCUT2D eigenvalue weighted by atomic mass is 16.5. The molecule has 0 spiro atoms. The van der Waals surface area contributed by atoms with Crippen molar-refractivity contribution in [3.05, 3.63) is 61.1 Å². The van der Waals surface area contributed by atoms with Crippen LogP contribution >= 0.6 is 0 Å². The Hall–Kier alpha value is -4.13. The molecule has 0 aliphatic carbocycles. The van der Waals surface area contributed by atoms with Crippen LogP contribution in [0.1, 0.15) is 0 Å². The number of H-pyrrole nitrogens is 1. The Morgan fingerprint density at radius 1 is 0.833 bits per heavy atom. The Bertz CT molecular complexity index is 1380. The van der Waals surface area contributed by atoms with E-state index in [1.54, 1.807) is 26.6 Å². The van der Waals surface area contributed by atoms with Crippen molar-refractivity contribution in [1.29, 1.82) is 0 Å². The first kappa shape index (κ1) is 17.9. The van der Waals surface area contributed by atoms with E-state index in [0.717, 1.165) is 44.1 Å². The lowest BCUT2D eigenvalue weighted by molar-refractivity contribution is 0.356. The number of methoxy groups -OCH3 is 2. The fourth-order valence-corrected chi connectivity index (χ4v) is 3.67. The van der Waals surface area contributed by atoms with Crippen LogP contribution in [0.3, 0.4) is 0 Å². The number of rotatable bonds is 4. The van der Waals surface area contributed by atoms with Gasteiger partial charge in [-0.1, -0.05) is 18.2 Å². The zero-order chi connectivity index (χ0) is 20.7. The van der Waals surface area contributed by atoms with Crippen molar-refractivity contribution in [2.75, 3.05) is 20.0 Å². The molecule has 5 rings (SSSR count). The van der Waals surface area contributed by atoms with Crippen LogP contribution in [-0.4, -0.2) is 34.4 Å². The zero-order valence-electron chi connectivity index (χ0n) is 16.5. The summed E-state index contributed by atoms with van der Waals surface area (Å²) in [6.07, 6.45) is 5.40. The number of nitrogens with two attached hydrogens (primary N) is 1. The Morgan fingerprint density at radius 2 is 1.63 bits per heavy atom. The third-order valence-corrected chi connectivity index (χ3v) is 5.20. The van der Waals surface area contributed by atoms with E-state index < -0.39 is 0 Å². The molecule has 0 aliphatic rings. The molecule has 0 bridgehead atoms. The summed E-state index contributed by atoms with van der Waals surface area (Å²) in [7, 11) is 3.22. The predicted molar refractivity (Wildman–Crippen MR) is 118 cm³/mol. The lowest BCUT2D eigenvalue weighted by atomic mass is 10.0. The number of anilines is 1. The lowest BCUT2D eigenvalue weighted by Gasteiger charge is -2.12.